The van der Waals surface area contributed by atoms with Crippen LogP contribution < -0.4 is 0 Å². The largest absolute Gasteiger partial charge is 0.468 e. The Hall–Kier alpha value is -2.66. The molecule has 4 nitrogen and oxygen atoms in total. The summed E-state index contributed by atoms with van der Waals surface area (Å²) in [5.41, 5.74) is -2.42. The van der Waals surface area contributed by atoms with Crippen LogP contribution in [0.15, 0.2) is 42.5 Å². The topological polar surface area (TPSA) is 38.8 Å². The van der Waals surface area contributed by atoms with Crippen molar-refractivity contribution in [1.29, 1.82) is 0 Å². The molecule has 0 aliphatic heterocycles. The van der Waals surface area contributed by atoms with Gasteiger partial charge in [-0.1, -0.05) is 12.1 Å². The summed E-state index contributed by atoms with van der Waals surface area (Å²) in [5.74, 6) is -1.36. The summed E-state index contributed by atoms with van der Waals surface area (Å²) in [6.45, 7) is 1.35. The van der Waals surface area contributed by atoms with E-state index in [1.807, 2.05) is 0 Å². The molecule has 2 aromatic rings. The third-order valence-corrected chi connectivity index (χ3v) is 6.45. The van der Waals surface area contributed by atoms with Gasteiger partial charge in [0.1, 0.15) is 5.82 Å². The average molecular weight is 521 g/mol. The zero-order valence-electron chi connectivity index (χ0n) is 19.8. The van der Waals surface area contributed by atoms with Crippen molar-refractivity contribution in [2.24, 2.45) is 0 Å². The van der Waals surface area contributed by atoms with E-state index in [1.165, 1.54) is 26.2 Å². The van der Waals surface area contributed by atoms with Gasteiger partial charge in [-0.05, 0) is 68.3 Å². The average Bonchev–Trinajstić information content (AvgIpc) is 3.21. The van der Waals surface area contributed by atoms with Gasteiger partial charge < -0.3 is 9.47 Å². The summed E-state index contributed by atoms with van der Waals surface area (Å²) in [4.78, 5) is 13.6. The molecular weight excluding hydrogens is 495 g/mol. The summed E-state index contributed by atoms with van der Waals surface area (Å²) in [6.07, 6.45) is -10.7. The summed E-state index contributed by atoms with van der Waals surface area (Å²) < 4.78 is 104. The van der Waals surface area contributed by atoms with Crippen molar-refractivity contribution in [3.63, 3.8) is 0 Å². The molecule has 0 N–H and O–H groups in total. The number of hydrogen-bond donors (Lipinski definition) is 0. The Morgan fingerprint density at radius 2 is 1.56 bits per heavy atom. The molecular formula is C25H26F7NO3. The molecule has 0 unspecified atom stereocenters. The third kappa shape index (κ3) is 6.56. The molecule has 1 aliphatic carbocycles. The molecule has 1 saturated carbocycles. The van der Waals surface area contributed by atoms with Gasteiger partial charge in [0.25, 0.3) is 0 Å². The number of carbonyl (C=O) groups excluding carboxylic acids is 1. The monoisotopic (exact) mass is 521 g/mol. The maximum absolute atomic E-state index is 13.6. The molecule has 3 rings (SSSR count). The maximum Gasteiger partial charge on any atom is 0.416 e. The number of methoxy groups -OCH3 is 1. The van der Waals surface area contributed by atoms with E-state index >= 15 is 0 Å². The van der Waals surface area contributed by atoms with Crippen molar-refractivity contribution in [2.45, 2.75) is 56.3 Å². The number of ether oxygens (including phenoxy) is 2. The lowest BCUT2D eigenvalue weighted by atomic mass is 9.91. The summed E-state index contributed by atoms with van der Waals surface area (Å²) >= 11 is 0. The van der Waals surface area contributed by atoms with E-state index in [1.54, 1.807) is 24.1 Å². The Morgan fingerprint density at radius 3 is 2.06 bits per heavy atom. The van der Waals surface area contributed by atoms with Crippen LogP contribution in [0, 0.1) is 5.82 Å². The van der Waals surface area contributed by atoms with Crippen molar-refractivity contribution in [2.75, 3.05) is 20.7 Å². The van der Waals surface area contributed by atoms with E-state index in [0.29, 0.717) is 30.5 Å². The standard InChI is InChI=1S/C25H26F7NO3/c1-14(16-10-17(24(27,28)29)12-18(11-16)25(30,31)32)36-21-9-8-20(33(2)13-22(34)35-3)23(21)15-4-6-19(26)7-5-15/h4-7,10-12,14,20-21,23H,8-9,13H2,1-3H3/t14-,20-,21+,23+/m1/s1. The highest BCUT2D eigenvalue weighted by Gasteiger charge is 2.42. The normalized spacial score (nSPS) is 21.6. The highest BCUT2D eigenvalue weighted by molar-refractivity contribution is 5.71. The van der Waals surface area contributed by atoms with E-state index in [-0.39, 0.29) is 24.2 Å². The van der Waals surface area contributed by atoms with Gasteiger partial charge in [-0.25, -0.2) is 4.39 Å². The second kappa shape index (κ2) is 10.8. The number of alkyl halides is 6. The van der Waals surface area contributed by atoms with Gasteiger partial charge in [-0.2, -0.15) is 26.3 Å². The Balaban J connectivity index is 1.93. The molecule has 11 heteroatoms. The van der Waals surface area contributed by atoms with Gasteiger partial charge >= 0.3 is 18.3 Å². The van der Waals surface area contributed by atoms with Gasteiger partial charge in [0.05, 0.1) is 37.0 Å². The Morgan fingerprint density at radius 1 is 1.00 bits per heavy atom. The molecule has 0 amide bonds. The molecule has 36 heavy (non-hydrogen) atoms. The van der Waals surface area contributed by atoms with Gasteiger partial charge in [0, 0.05) is 12.0 Å². The molecule has 198 valence electrons. The number of halogens is 7. The van der Waals surface area contributed by atoms with Crippen LogP contribution in [0.3, 0.4) is 0 Å². The maximum atomic E-state index is 13.6. The first kappa shape index (κ1) is 27.9. The molecule has 1 aliphatic rings. The smallest absolute Gasteiger partial charge is 0.416 e. The van der Waals surface area contributed by atoms with E-state index in [4.69, 9.17) is 9.47 Å². The lowest BCUT2D eigenvalue weighted by Gasteiger charge is -2.33. The minimum absolute atomic E-state index is 0.0380. The van der Waals surface area contributed by atoms with E-state index < -0.39 is 53.4 Å². The third-order valence-electron chi connectivity index (χ3n) is 6.45. The molecule has 2 aromatic carbocycles. The Labute approximate surface area is 204 Å². The van der Waals surface area contributed by atoms with Crippen molar-refractivity contribution >= 4 is 5.97 Å². The van der Waals surface area contributed by atoms with Crippen molar-refractivity contribution in [3.8, 4) is 0 Å². The number of rotatable bonds is 7. The van der Waals surface area contributed by atoms with Crippen molar-refractivity contribution < 1.29 is 45.0 Å². The summed E-state index contributed by atoms with van der Waals surface area (Å²) in [5, 5.41) is 0. The van der Waals surface area contributed by atoms with Crippen LogP contribution in [0.4, 0.5) is 30.7 Å². The van der Waals surface area contributed by atoms with Gasteiger partial charge in [0.2, 0.25) is 0 Å². The predicted molar refractivity (Wildman–Crippen MR) is 117 cm³/mol. The molecule has 4 atom stereocenters. The molecule has 0 spiro atoms. The van der Waals surface area contributed by atoms with Gasteiger partial charge in [0.15, 0.2) is 0 Å². The van der Waals surface area contributed by atoms with Crippen LogP contribution in [0.1, 0.15) is 54.0 Å². The quantitative estimate of drug-likeness (QED) is 0.314. The zero-order valence-corrected chi connectivity index (χ0v) is 19.8. The minimum atomic E-state index is -4.97. The summed E-state index contributed by atoms with van der Waals surface area (Å²) in [7, 11) is 2.95. The molecule has 0 bridgehead atoms. The van der Waals surface area contributed by atoms with E-state index in [0.717, 1.165) is 0 Å². The number of benzene rings is 2. The lowest BCUT2D eigenvalue weighted by molar-refractivity contribution is -0.144. The van der Waals surface area contributed by atoms with Crippen LogP contribution in [0.25, 0.3) is 0 Å². The second-order valence-electron chi connectivity index (χ2n) is 8.87. The fraction of sp³-hybridized carbons (Fsp3) is 0.480. The molecule has 1 fully saturated rings. The molecule has 0 heterocycles. The van der Waals surface area contributed by atoms with Crippen molar-refractivity contribution in [1.82, 2.24) is 4.90 Å². The van der Waals surface area contributed by atoms with Crippen molar-refractivity contribution in [3.05, 3.63) is 70.5 Å². The molecule has 0 saturated heterocycles. The fourth-order valence-electron chi connectivity index (χ4n) is 4.65. The summed E-state index contributed by atoms with van der Waals surface area (Å²) in [6, 6.07) is 6.74. The Bertz CT molecular complexity index is 1020. The first-order valence-electron chi connectivity index (χ1n) is 11.2. The van der Waals surface area contributed by atoms with Crippen LogP contribution in [0.2, 0.25) is 0 Å². The number of likely N-dealkylation sites (N-methyl/N-ethyl adjacent to an activating group) is 1. The zero-order chi connectivity index (χ0) is 26.8. The fourth-order valence-corrected chi connectivity index (χ4v) is 4.65. The van der Waals surface area contributed by atoms with Crippen LogP contribution >= 0.6 is 0 Å². The van der Waals surface area contributed by atoms with E-state index in [9.17, 15) is 35.5 Å². The SMILES string of the molecule is COC(=O)CN(C)[C@@H]1CC[C@H](O[C@H](C)c2cc(C(F)(F)F)cc(C(F)(F)F)c2)[C@H]1c1ccc(F)cc1. The van der Waals surface area contributed by atoms with Gasteiger partial charge in [-0.3, -0.25) is 9.69 Å². The number of hydrogen-bond acceptors (Lipinski definition) is 4. The second-order valence-corrected chi connectivity index (χ2v) is 8.87. The number of carbonyl (C=O) groups is 1. The van der Waals surface area contributed by atoms with Crippen LogP contribution in [-0.2, 0) is 26.6 Å². The lowest BCUT2D eigenvalue weighted by Crippen LogP contribution is -2.40. The van der Waals surface area contributed by atoms with Gasteiger partial charge in [-0.15, -0.1) is 0 Å². The first-order chi connectivity index (χ1) is 16.7. The van der Waals surface area contributed by atoms with E-state index in [2.05, 4.69) is 0 Å². The molecule has 0 radical (unpaired) electrons. The predicted octanol–water partition coefficient (Wildman–Crippen LogP) is 6.36. The van der Waals surface area contributed by atoms with Crippen LogP contribution in [-0.4, -0.2) is 43.7 Å². The van der Waals surface area contributed by atoms with Crippen LogP contribution in [0.5, 0.6) is 0 Å². The Kier molecular flexibility index (Phi) is 8.34. The minimum Gasteiger partial charge on any atom is -0.468 e. The highest BCUT2D eigenvalue weighted by atomic mass is 19.4. The molecule has 0 aromatic heterocycles. The number of esters is 1. The number of nitrogens with zero attached hydrogens (tertiary/aromatic N) is 1. The highest BCUT2D eigenvalue weighted by Crippen LogP contribution is 2.43. The first-order valence-corrected chi connectivity index (χ1v) is 11.2.